The van der Waals surface area contributed by atoms with Crippen molar-refractivity contribution < 1.29 is 4.79 Å². The summed E-state index contributed by atoms with van der Waals surface area (Å²) in [6.45, 7) is 2.09. The van der Waals surface area contributed by atoms with Gasteiger partial charge in [0.05, 0.1) is 5.69 Å². The summed E-state index contributed by atoms with van der Waals surface area (Å²) in [7, 11) is 1.98. The number of fused-ring (bicyclic) bond motifs is 2. The highest BCUT2D eigenvalue weighted by Gasteiger charge is 2.35. The van der Waals surface area contributed by atoms with Crippen LogP contribution in [0.4, 0.5) is 5.82 Å². The molecule has 0 radical (unpaired) electrons. The van der Waals surface area contributed by atoms with E-state index in [1.807, 2.05) is 11.7 Å². The number of hydrogen-bond donors (Lipinski definition) is 2. The minimum absolute atomic E-state index is 0.155. The van der Waals surface area contributed by atoms with Gasteiger partial charge in [-0.3, -0.25) is 4.68 Å². The lowest BCUT2D eigenvalue weighted by molar-refractivity contribution is -0.107. The molecular weight excluding hydrogens is 264 g/mol. The molecule has 0 bridgehead atoms. The number of rotatable bonds is 2. The minimum Gasteiger partial charge on any atom is -0.357 e. The fourth-order valence-electron chi connectivity index (χ4n) is 4.09. The van der Waals surface area contributed by atoms with Crippen molar-refractivity contribution in [2.24, 2.45) is 7.05 Å². The van der Waals surface area contributed by atoms with Crippen molar-refractivity contribution in [2.45, 2.75) is 44.1 Å². The first kappa shape index (κ1) is 13.1. The zero-order valence-corrected chi connectivity index (χ0v) is 12.5. The number of aryl methyl sites for hydroxylation is 1. The summed E-state index contributed by atoms with van der Waals surface area (Å²) < 4.78 is 1.93. The van der Waals surface area contributed by atoms with E-state index < -0.39 is 0 Å². The van der Waals surface area contributed by atoms with Crippen LogP contribution >= 0.6 is 0 Å². The van der Waals surface area contributed by atoms with E-state index in [0.29, 0.717) is 5.92 Å². The van der Waals surface area contributed by atoms with Crippen molar-refractivity contribution in [3.63, 3.8) is 0 Å². The van der Waals surface area contributed by atoms with Crippen LogP contribution in [-0.4, -0.2) is 35.2 Å². The van der Waals surface area contributed by atoms with Crippen molar-refractivity contribution in [3.8, 4) is 0 Å². The van der Waals surface area contributed by atoms with Crippen LogP contribution in [-0.2, 0) is 11.8 Å². The molecule has 0 aromatic carbocycles. The number of aldehydes is 1. The Balaban J connectivity index is 1.87. The van der Waals surface area contributed by atoms with Gasteiger partial charge in [-0.25, -0.2) is 0 Å². The third kappa shape index (κ3) is 1.94. The number of allylic oxidation sites excluding steroid dienone is 1. The molecule has 0 saturated carbocycles. The molecule has 1 fully saturated rings. The van der Waals surface area contributed by atoms with Crippen molar-refractivity contribution >= 4 is 17.7 Å². The quantitative estimate of drug-likeness (QED) is 0.814. The normalized spacial score (nSPS) is 28.0. The first-order chi connectivity index (χ1) is 10.3. The summed E-state index contributed by atoms with van der Waals surface area (Å²) in [6.07, 6.45) is 6.76. The molecule has 1 aliphatic carbocycles. The third-order valence-electron chi connectivity index (χ3n) is 5.14. The molecule has 0 spiro atoms. The van der Waals surface area contributed by atoms with E-state index in [4.69, 9.17) is 5.10 Å². The lowest BCUT2D eigenvalue weighted by atomic mass is 9.80. The SMILES string of the molecule is Cn1nc(C2CCNC2)c2c1N[C@H](C=O)C1=C2CCCC1. The van der Waals surface area contributed by atoms with Crippen molar-refractivity contribution in [3.05, 3.63) is 16.8 Å². The highest BCUT2D eigenvalue weighted by atomic mass is 16.1. The molecule has 4 rings (SSSR count). The van der Waals surface area contributed by atoms with Gasteiger partial charge in [0.25, 0.3) is 0 Å². The summed E-state index contributed by atoms with van der Waals surface area (Å²) in [5.74, 6) is 1.54. The molecule has 1 aromatic heterocycles. The van der Waals surface area contributed by atoms with Crippen LogP contribution in [0.3, 0.4) is 0 Å². The van der Waals surface area contributed by atoms with Crippen LogP contribution in [0.5, 0.6) is 0 Å². The second-order valence-electron chi connectivity index (χ2n) is 6.39. The van der Waals surface area contributed by atoms with E-state index in [1.54, 1.807) is 0 Å². The molecule has 3 aliphatic rings. The molecule has 1 saturated heterocycles. The second kappa shape index (κ2) is 4.98. The van der Waals surface area contributed by atoms with Crippen molar-refractivity contribution in [2.75, 3.05) is 18.4 Å². The van der Waals surface area contributed by atoms with E-state index >= 15 is 0 Å². The number of carbonyl (C=O) groups excluding carboxylic acids is 1. The summed E-state index contributed by atoms with van der Waals surface area (Å²) in [5.41, 5.74) is 5.24. The van der Waals surface area contributed by atoms with E-state index in [9.17, 15) is 4.79 Å². The highest BCUT2D eigenvalue weighted by Crippen LogP contribution is 2.45. The molecule has 1 aromatic rings. The summed E-state index contributed by atoms with van der Waals surface area (Å²) in [4.78, 5) is 11.5. The van der Waals surface area contributed by atoms with Gasteiger partial charge in [0, 0.05) is 25.1 Å². The maximum Gasteiger partial charge on any atom is 0.146 e. The lowest BCUT2D eigenvalue weighted by Gasteiger charge is -2.31. The predicted octanol–water partition coefficient (Wildman–Crippen LogP) is 1.82. The number of nitrogens with one attached hydrogen (secondary N) is 2. The second-order valence-corrected chi connectivity index (χ2v) is 6.39. The average Bonchev–Trinajstić information content (AvgIpc) is 3.14. The fraction of sp³-hybridized carbons (Fsp3) is 0.625. The van der Waals surface area contributed by atoms with Gasteiger partial charge in [0.15, 0.2) is 0 Å². The number of aromatic nitrogens is 2. The predicted molar refractivity (Wildman–Crippen MR) is 82.3 cm³/mol. The molecule has 5 heteroatoms. The molecule has 2 N–H and O–H groups in total. The van der Waals surface area contributed by atoms with Gasteiger partial charge in [0.1, 0.15) is 18.1 Å². The van der Waals surface area contributed by atoms with Gasteiger partial charge in [-0.05, 0) is 49.8 Å². The Morgan fingerprint density at radius 2 is 2.19 bits per heavy atom. The summed E-state index contributed by atoms with van der Waals surface area (Å²) in [5, 5.41) is 11.6. The molecule has 112 valence electrons. The van der Waals surface area contributed by atoms with Gasteiger partial charge in [-0.2, -0.15) is 5.10 Å². The average molecular weight is 286 g/mol. The molecule has 21 heavy (non-hydrogen) atoms. The van der Waals surface area contributed by atoms with Crippen molar-refractivity contribution in [1.29, 1.82) is 0 Å². The largest absolute Gasteiger partial charge is 0.357 e. The number of anilines is 1. The fourth-order valence-corrected chi connectivity index (χ4v) is 4.09. The first-order valence-electron chi connectivity index (χ1n) is 8.01. The molecular formula is C16H22N4O. The number of carbonyl (C=O) groups is 1. The van der Waals surface area contributed by atoms with Crippen molar-refractivity contribution in [1.82, 2.24) is 15.1 Å². The highest BCUT2D eigenvalue weighted by molar-refractivity contribution is 5.89. The van der Waals surface area contributed by atoms with E-state index in [2.05, 4.69) is 10.6 Å². The smallest absolute Gasteiger partial charge is 0.146 e. The number of hydrogen-bond acceptors (Lipinski definition) is 4. The maximum absolute atomic E-state index is 11.5. The van der Waals surface area contributed by atoms with Crippen LogP contribution in [0.25, 0.3) is 5.57 Å². The maximum atomic E-state index is 11.5. The molecule has 0 amide bonds. The van der Waals surface area contributed by atoms with Gasteiger partial charge >= 0.3 is 0 Å². The van der Waals surface area contributed by atoms with Gasteiger partial charge in [0.2, 0.25) is 0 Å². The topological polar surface area (TPSA) is 59.0 Å². The first-order valence-corrected chi connectivity index (χ1v) is 8.01. The standard InChI is InChI=1S/C16H22N4O/c1-20-16-14(15(19-20)10-6-7-17-8-10)12-5-3-2-4-11(12)13(9-21)18-16/h9-10,13,17-18H,2-8H2,1H3/t10?,13-/m1/s1. The number of nitrogens with zero attached hydrogens (tertiary/aromatic N) is 2. The van der Waals surface area contributed by atoms with Crippen LogP contribution in [0, 0.1) is 0 Å². The molecule has 1 unspecified atom stereocenters. The third-order valence-corrected chi connectivity index (χ3v) is 5.14. The van der Waals surface area contributed by atoms with Crippen LogP contribution in [0.2, 0.25) is 0 Å². The zero-order valence-electron chi connectivity index (χ0n) is 12.5. The lowest BCUT2D eigenvalue weighted by Crippen LogP contribution is -2.31. The Hall–Kier alpha value is -1.62. The van der Waals surface area contributed by atoms with Gasteiger partial charge < -0.3 is 15.4 Å². The summed E-state index contributed by atoms with van der Waals surface area (Å²) in [6, 6.07) is -0.155. The Labute approximate surface area is 124 Å². The van der Waals surface area contributed by atoms with Crippen LogP contribution in [0.15, 0.2) is 5.57 Å². The zero-order chi connectivity index (χ0) is 14.4. The molecule has 2 aliphatic heterocycles. The molecule has 3 heterocycles. The van der Waals surface area contributed by atoms with Gasteiger partial charge in [-0.1, -0.05) is 0 Å². The Morgan fingerprint density at radius 1 is 1.33 bits per heavy atom. The molecule has 2 atom stereocenters. The van der Waals surface area contributed by atoms with Gasteiger partial charge in [-0.15, -0.1) is 0 Å². The minimum atomic E-state index is -0.155. The van der Waals surface area contributed by atoms with Crippen LogP contribution < -0.4 is 10.6 Å². The Kier molecular flexibility index (Phi) is 3.10. The Morgan fingerprint density at radius 3 is 2.95 bits per heavy atom. The van der Waals surface area contributed by atoms with Crippen LogP contribution in [0.1, 0.15) is 49.3 Å². The Bertz CT molecular complexity index is 610. The summed E-state index contributed by atoms with van der Waals surface area (Å²) >= 11 is 0. The monoisotopic (exact) mass is 286 g/mol. The van der Waals surface area contributed by atoms with E-state index in [-0.39, 0.29) is 6.04 Å². The molecule has 5 nitrogen and oxygen atoms in total. The van der Waals surface area contributed by atoms with E-state index in [1.165, 1.54) is 35.2 Å². The van der Waals surface area contributed by atoms with E-state index in [0.717, 1.165) is 44.5 Å².